The van der Waals surface area contributed by atoms with E-state index in [0.717, 1.165) is 17.3 Å². The Morgan fingerprint density at radius 2 is 1.95 bits per heavy atom. The molecule has 2 rings (SSSR count). The third-order valence-corrected chi connectivity index (χ3v) is 3.06. The van der Waals surface area contributed by atoms with E-state index in [4.69, 9.17) is 0 Å². The van der Waals surface area contributed by atoms with Crippen LogP contribution in [0.25, 0.3) is 0 Å². The molecule has 0 unspecified atom stereocenters. The van der Waals surface area contributed by atoms with Crippen molar-refractivity contribution in [3.05, 3.63) is 56.9 Å². The summed E-state index contributed by atoms with van der Waals surface area (Å²) in [7, 11) is 1.79. The Labute approximate surface area is 119 Å². The monoisotopic (exact) mass is 296 g/mol. The molecular formula is C13H14F2N4O2. The molecule has 0 aliphatic rings. The van der Waals surface area contributed by atoms with E-state index in [0.29, 0.717) is 12.6 Å². The molecule has 1 aromatic carbocycles. The highest BCUT2D eigenvalue weighted by atomic mass is 19.1. The lowest BCUT2D eigenvalue weighted by molar-refractivity contribution is -0.387. The van der Waals surface area contributed by atoms with Crippen LogP contribution in [0.5, 0.6) is 0 Å². The maximum absolute atomic E-state index is 13.6. The van der Waals surface area contributed by atoms with E-state index < -0.39 is 22.2 Å². The molecule has 2 aromatic rings. The summed E-state index contributed by atoms with van der Waals surface area (Å²) < 4.78 is 28.5. The van der Waals surface area contributed by atoms with E-state index in [1.165, 1.54) is 0 Å². The fourth-order valence-electron chi connectivity index (χ4n) is 2.01. The number of nitrogens with zero attached hydrogens (tertiary/aromatic N) is 3. The molecule has 112 valence electrons. The van der Waals surface area contributed by atoms with Gasteiger partial charge in [-0.15, -0.1) is 0 Å². The zero-order valence-electron chi connectivity index (χ0n) is 11.6. The van der Waals surface area contributed by atoms with Gasteiger partial charge in [0.05, 0.1) is 10.6 Å². The van der Waals surface area contributed by atoms with Gasteiger partial charge in [-0.2, -0.15) is 9.49 Å². The average Bonchev–Trinajstić information content (AvgIpc) is 2.70. The summed E-state index contributed by atoms with van der Waals surface area (Å²) in [6.45, 7) is 2.34. The highest BCUT2D eigenvalue weighted by Crippen LogP contribution is 2.21. The van der Waals surface area contributed by atoms with Crippen LogP contribution in [-0.2, 0) is 20.1 Å². The van der Waals surface area contributed by atoms with Gasteiger partial charge in [-0.05, 0) is 6.92 Å². The Morgan fingerprint density at radius 3 is 2.52 bits per heavy atom. The van der Waals surface area contributed by atoms with Crippen LogP contribution in [-0.4, -0.2) is 14.7 Å². The van der Waals surface area contributed by atoms with E-state index in [9.17, 15) is 18.9 Å². The second-order valence-corrected chi connectivity index (χ2v) is 4.67. The van der Waals surface area contributed by atoms with Crippen LogP contribution in [0.4, 0.5) is 14.5 Å². The second kappa shape index (κ2) is 5.96. The Hall–Kier alpha value is -2.35. The maximum Gasteiger partial charge on any atom is 0.305 e. The maximum atomic E-state index is 13.6. The summed E-state index contributed by atoms with van der Waals surface area (Å²) in [6, 6.07) is 1.44. The molecule has 0 atom stereocenters. The number of hydrogen-bond donors (Lipinski definition) is 1. The average molecular weight is 296 g/mol. The quantitative estimate of drug-likeness (QED) is 0.678. The first-order valence-electron chi connectivity index (χ1n) is 6.20. The molecule has 0 bridgehead atoms. The molecule has 0 spiro atoms. The number of aromatic nitrogens is 2. The predicted molar refractivity (Wildman–Crippen MR) is 71.5 cm³/mol. The summed E-state index contributed by atoms with van der Waals surface area (Å²) in [5.41, 5.74) is 1.10. The summed E-state index contributed by atoms with van der Waals surface area (Å²) in [4.78, 5) is 9.77. The minimum atomic E-state index is -1.18. The van der Waals surface area contributed by atoms with Crippen LogP contribution < -0.4 is 5.32 Å². The topological polar surface area (TPSA) is 73.0 Å². The largest absolute Gasteiger partial charge is 0.308 e. The second-order valence-electron chi connectivity index (χ2n) is 4.67. The van der Waals surface area contributed by atoms with E-state index in [1.807, 2.05) is 13.1 Å². The van der Waals surface area contributed by atoms with Crippen molar-refractivity contribution in [1.82, 2.24) is 15.1 Å². The van der Waals surface area contributed by atoms with Gasteiger partial charge in [-0.3, -0.25) is 14.8 Å². The molecule has 1 aromatic heterocycles. The van der Waals surface area contributed by atoms with Crippen molar-refractivity contribution >= 4 is 5.69 Å². The molecule has 21 heavy (non-hydrogen) atoms. The summed E-state index contributed by atoms with van der Waals surface area (Å²) >= 11 is 0. The molecule has 0 radical (unpaired) electrons. The molecular weight excluding hydrogens is 282 g/mol. The van der Waals surface area contributed by atoms with Crippen molar-refractivity contribution in [2.75, 3.05) is 0 Å². The Bertz CT molecular complexity index is 685. The third kappa shape index (κ3) is 3.40. The van der Waals surface area contributed by atoms with Crippen molar-refractivity contribution in [3.8, 4) is 0 Å². The summed E-state index contributed by atoms with van der Waals surface area (Å²) in [5, 5.41) is 17.8. The standard InChI is InChI=1S/C13H14F2N4O2/c1-8-10(7-18(2)17-8)6-16-5-9-3-13(19(20)21)12(15)4-11(9)14/h3-4,7,16H,5-6H2,1-2H3. The first-order valence-corrected chi connectivity index (χ1v) is 6.20. The van der Waals surface area contributed by atoms with Gasteiger partial charge in [0.1, 0.15) is 5.82 Å². The highest BCUT2D eigenvalue weighted by molar-refractivity contribution is 5.37. The van der Waals surface area contributed by atoms with Crippen LogP contribution in [0.3, 0.4) is 0 Å². The molecule has 1 N–H and O–H groups in total. The first-order chi connectivity index (χ1) is 9.88. The molecule has 0 aliphatic heterocycles. The van der Waals surface area contributed by atoms with Crippen LogP contribution in [0.1, 0.15) is 16.8 Å². The number of hydrogen-bond acceptors (Lipinski definition) is 4. The molecule has 0 amide bonds. The van der Waals surface area contributed by atoms with Crippen molar-refractivity contribution in [2.45, 2.75) is 20.0 Å². The van der Waals surface area contributed by atoms with Crippen LogP contribution >= 0.6 is 0 Å². The number of halogens is 2. The van der Waals surface area contributed by atoms with Crippen LogP contribution in [0.2, 0.25) is 0 Å². The molecule has 0 saturated carbocycles. The molecule has 0 aliphatic carbocycles. The van der Waals surface area contributed by atoms with Gasteiger partial charge < -0.3 is 5.32 Å². The minimum absolute atomic E-state index is 0.0460. The Balaban J connectivity index is 2.08. The number of benzene rings is 1. The zero-order valence-corrected chi connectivity index (χ0v) is 11.6. The van der Waals surface area contributed by atoms with E-state index in [1.54, 1.807) is 11.7 Å². The number of rotatable bonds is 5. The lowest BCUT2D eigenvalue weighted by atomic mass is 10.1. The summed E-state index contributed by atoms with van der Waals surface area (Å²) in [6.07, 6.45) is 1.83. The van der Waals surface area contributed by atoms with Gasteiger partial charge in [0.25, 0.3) is 0 Å². The molecule has 0 saturated heterocycles. The molecule has 8 heteroatoms. The number of nitrogens with one attached hydrogen (secondary N) is 1. The van der Waals surface area contributed by atoms with Crippen LogP contribution in [0, 0.1) is 28.7 Å². The SMILES string of the molecule is Cc1nn(C)cc1CNCc1cc([N+](=O)[O-])c(F)cc1F. The van der Waals surface area contributed by atoms with E-state index in [2.05, 4.69) is 10.4 Å². The lowest BCUT2D eigenvalue weighted by Crippen LogP contribution is -2.14. The third-order valence-electron chi connectivity index (χ3n) is 3.06. The number of aryl methyl sites for hydroxylation is 2. The Kier molecular flexibility index (Phi) is 4.27. The van der Waals surface area contributed by atoms with Crippen molar-refractivity contribution in [2.24, 2.45) is 7.05 Å². The predicted octanol–water partition coefficient (Wildman–Crippen LogP) is 2.20. The van der Waals surface area contributed by atoms with E-state index >= 15 is 0 Å². The van der Waals surface area contributed by atoms with Crippen molar-refractivity contribution in [3.63, 3.8) is 0 Å². The fourth-order valence-corrected chi connectivity index (χ4v) is 2.01. The van der Waals surface area contributed by atoms with Crippen molar-refractivity contribution < 1.29 is 13.7 Å². The van der Waals surface area contributed by atoms with Crippen LogP contribution in [0.15, 0.2) is 18.3 Å². The Morgan fingerprint density at radius 1 is 1.29 bits per heavy atom. The molecule has 0 fully saturated rings. The fraction of sp³-hybridized carbons (Fsp3) is 0.308. The van der Waals surface area contributed by atoms with Gasteiger partial charge in [0.2, 0.25) is 5.82 Å². The summed E-state index contributed by atoms with van der Waals surface area (Å²) in [5.74, 6) is -1.99. The van der Waals surface area contributed by atoms with E-state index in [-0.39, 0.29) is 12.1 Å². The highest BCUT2D eigenvalue weighted by Gasteiger charge is 2.18. The minimum Gasteiger partial charge on any atom is -0.308 e. The zero-order chi connectivity index (χ0) is 15.6. The first kappa shape index (κ1) is 15.0. The van der Waals surface area contributed by atoms with Gasteiger partial charge in [-0.1, -0.05) is 0 Å². The van der Waals surface area contributed by atoms with Crippen molar-refractivity contribution in [1.29, 1.82) is 0 Å². The lowest BCUT2D eigenvalue weighted by Gasteiger charge is -2.06. The normalized spacial score (nSPS) is 10.9. The smallest absolute Gasteiger partial charge is 0.305 e. The molecule has 1 heterocycles. The van der Waals surface area contributed by atoms with Gasteiger partial charge in [0, 0.05) is 49.6 Å². The number of nitro groups is 1. The number of nitro benzene ring substituents is 1. The molecule has 6 nitrogen and oxygen atoms in total. The van der Waals surface area contributed by atoms with Gasteiger partial charge >= 0.3 is 5.69 Å². The van der Waals surface area contributed by atoms with Gasteiger partial charge in [0.15, 0.2) is 0 Å². The van der Waals surface area contributed by atoms with Gasteiger partial charge in [-0.25, -0.2) is 4.39 Å².